The van der Waals surface area contributed by atoms with Crippen LogP contribution in [0, 0.1) is 0 Å². The fourth-order valence-electron chi connectivity index (χ4n) is 2.14. The Morgan fingerprint density at radius 3 is 2.45 bits per heavy atom. The van der Waals surface area contributed by atoms with Crippen molar-refractivity contribution in [3.63, 3.8) is 0 Å². The van der Waals surface area contributed by atoms with E-state index in [1.54, 1.807) is 27.4 Å². The molecule has 1 saturated heterocycles. The van der Waals surface area contributed by atoms with Crippen molar-refractivity contribution in [1.29, 1.82) is 0 Å². The molecular weight excluding hydrogens is 330 g/mol. The summed E-state index contributed by atoms with van der Waals surface area (Å²) in [6.07, 6.45) is 1.69. The van der Waals surface area contributed by atoms with Crippen LogP contribution in [0.15, 0.2) is 12.3 Å². The van der Waals surface area contributed by atoms with E-state index < -0.39 is 10.2 Å². The van der Waals surface area contributed by atoms with Gasteiger partial charge in [0.15, 0.2) is 5.82 Å². The van der Waals surface area contributed by atoms with E-state index in [1.807, 2.05) is 6.07 Å². The van der Waals surface area contributed by atoms with Gasteiger partial charge in [0, 0.05) is 53.6 Å². The van der Waals surface area contributed by atoms with Crippen LogP contribution in [0.3, 0.4) is 0 Å². The van der Waals surface area contributed by atoms with E-state index in [9.17, 15) is 8.42 Å². The van der Waals surface area contributed by atoms with Gasteiger partial charge >= 0.3 is 0 Å². The molecule has 0 spiro atoms. The Labute approximate surface area is 137 Å². The van der Waals surface area contributed by atoms with Crippen molar-refractivity contribution < 1.29 is 13.2 Å². The molecule has 126 valence electrons. The second-order valence-electron chi connectivity index (χ2n) is 4.94. The Hall–Kier alpha value is -1.00. The number of piperazine rings is 1. The molecule has 0 amide bonds. The molecule has 0 aromatic carbocycles. The van der Waals surface area contributed by atoms with Crippen LogP contribution in [0.5, 0.6) is 0 Å². The number of nitrogens with zero attached hydrogens (tertiary/aromatic N) is 5. The van der Waals surface area contributed by atoms with Crippen molar-refractivity contribution >= 4 is 28.4 Å². The minimum Gasteiger partial charge on any atom is -0.377 e. The highest BCUT2D eigenvalue weighted by atomic mass is 35.5. The molecule has 0 radical (unpaired) electrons. The molecule has 22 heavy (non-hydrogen) atoms. The molecule has 1 aliphatic heterocycles. The molecule has 1 aromatic rings. The average Bonchev–Trinajstić information content (AvgIpc) is 2.48. The standard InChI is InChI=1S/C12H21N5O3S.ClH/c1-15(2)21(18,19)17-8-6-16(7-9-17)12-4-5-13-11(14-12)10-20-3;/h4-5H,6-10H2,1-3H3;1H. The van der Waals surface area contributed by atoms with Crippen molar-refractivity contribution in [3.05, 3.63) is 18.1 Å². The lowest BCUT2D eigenvalue weighted by Gasteiger charge is -2.35. The Morgan fingerprint density at radius 2 is 1.91 bits per heavy atom. The third-order valence-corrected chi connectivity index (χ3v) is 5.26. The van der Waals surface area contributed by atoms with Gasteiger partial charge in [-0.2, -0.15) is 17.0 Å². The zero-order chi connectivity index (χ0) is 15.5. The minimum absolute atomic E-state index is 0. The summed E-state index contributed by atoms with van der Waals surface area (Å²) in [4.78, 5) is 10.6. The monoisotopic (exact) mass is 351 g/mol. The fourth-order valence-corrected chi connectivity index (χ4v) is 3.23. The SMILES string of the molecule is COCc1nccc(N2CCN(S(=O)(=O)N(C)C)CC2)n1.Cl. The largest absolute Gasteiger partial charge is 0.377 e. The van der Waals surface area contributed by atoms with Gasteiger partial charge in [0.2, 0.25) is 0 Å². The number of ether oxygens (including phenoxy) is 1. The lowest BCUT2D eigenvalue weighted by atomic mass is 10.3. The molecule has 0 saturated carbocycles. The van der Waals surface area contributed by atoms with Crippen molar-refractivity contribution in [1.82, 2.24) is 18.6 Å². The average molecular weight is 352 g/mol. The molecule has 8 nitrogen and oxygen atoms in total. The lowest BCUT2D eigenvalue weighted by Crippen LogP contribution is -2.51. The number of rotatable bonds is 5. The molecule has 0 aliphatic carbocycles. The molecule has 2 rings (SSSR count). The number of hydrogen-bond donors (Lipinski definition) is 0. The minimum atomic E-state index is -3.34. The van der Waals surface area contributed by atoms with Gasteiger partial charge in [0.05, 0.1) is 0 Å². The van der Waals surface area contributed by atoms with Crippen molar-refractivity contribution in [2.45, 2.75) is 6.61 Å². The van der Waals surface area contributed by atoms with Crippen LogP contribution in [0.4, 0.5) is 5.82 Å². The number of halogens is 1. The van der Waals surface area contributed by atoms with Gasteiger partial charge in [0.25, 0.3) is 10.2 Å². The van der Waals surface area contributed by atoms with Crippen molar-refractivity contribution in [2.75, 3.05) is 52.3 Å². The maximum Gasteiger partial charge on any atom is 0.281 e. The molecule has 0 unspecified atom stereocenters. The summed E-state index contributed by atoms with van der Waals surface area (Å²) < 4.78 is 31.9. The first kappa shape index (κ1) is 19.0. The van der Waals surface area contributed by atoms with Gasteiger partial charge in [-0.15, -0.1) is 12.4 Å². The highest BCUT2D eigenvalue weighted by Crippen LogP contribution is 2.16. The first-order valence-electron chi connectivity index (χ1n) is 6.68. The zero-order valence-corrected chi connectivity index (χ0v) is 14.6. The molecule has 0 bridgehead atoms. The molecule has 1 aromatic heterocycles. The molecule has 1 fully saturated rings. The third kappa shape index (κ3) is 4.26. The van der Waals surface area contributed by atoms with Gasteiger partial charge < -0.3 is 9.64 Å². The quantitative estimate of drug-likeness (QED) is 0.741. The van der Waals surface area contributed by atoms with E-state index in [0.29, 0.717) is 38.6 Å². The van der Waals surface area contributed by atoms with Crippen LogP contribution in [0.2, 0.25) is 0 Å². The van der Waals surface area contributed by atoms with Crippen LogP contribution < -0.4 is 4.90 Å². The Bertz CT molecular complexity index is 576. The van der Waals surface area contributed by atoms with Crippen LogP contribution in [0.1, 0.15) is 5.82 Å². The summed E-state index contributed by atoms with van der Waals surface area (Å²) in [5.74, 6) is 1.43. The fraction of sp³-hybridized carbons (Fsp3) is 0.667. The van der Waals surface area contributed by atoms with Crippen LogP contribution >= 0.6 is 12.4 Å². The van der Waals surface area contributed by atoms with E-state index in [4.69, 9.17) is 4.74 Å². The van der Waals surface area contributed by atoms with Crippen LogP contribution in [-0.4, -0.2) is 74.4 Å². The molecular formula is C12H22ClN5O3S. The third-order valence-electron chi connectivity index (χ3n) is 3.31. The van der Waals surface area contributed by atoms with E-state index in [-0.39, 0.29) is 12.4 Å². The van der Waals surface area contributed by atoms with E-state index in [2.05, 4.69) is 14.9 Å². The Balaban J connectivity index is 0.00000242. The van der Waals surface area contributed by atoms with Crippen molar-refractivity contribution in [3.8, 4) is 0 Å². The number of anilines is 1. The van der Waals surface area contributed by atoms with Gasteiger partial charge in [-0.3, -0.25) is 0 Å². The zero-order valence-electron chi connectivity index (χ0n) is 13.0. The molecule has 0 N–H and O–H groups in total. The summed E-state index contributed by atoms with van der Waals surface area (Å²) in [5, 5.41) is 0. The molecule has 10 heteroatoms. The number of aromatic nitrogens is 2. The van der Waals surface area contributed by atoms with Crippen LogP contribution in [-0.2, 0) is 21.6 Å². The summed E-state index contributed by atoms with van der Waals surface area (Å²) in [6, 6.07) is 1.83. The lowest BCUT2D eigenvalue weighted by molar-refractivity contribution is 0.178. The summed E-state index contributed by atoms with van der Waals surface area (Å²) in [5.41, 5.74) is 0. The van der Waals surface area contributed by atoms with Gasteiger partial charge in [-0.1, -0.05) is 0 Å². The van der Waals surface area contributed by atoms with Gasteiger partial charge in [-0.25, -0.2) is 9.97 Å². The number of methoxy groups -OCH3 is 1. The van der Waals surface area contributed by atoms with Crippen LogP contribution in [0.25, 0.3) is 0 Å². The first-order chi connectivity index (χ1) is 9.95. The normalized spacial score (nSPS) is 16.6. The highest BCUT2D eigenvalue weighted by molar-refractivity contribution is 7.86. The second-order valence-corrected chi connectivity index (χ2v) is 7.08. The van der Waals surface area contributed by atoms with E-state index in [1.165, 1.54) is 8.61 Å². The smallest absolute Gasteiger partial charge is 0.281 e. The molecule has 1 aliphatic rings. The number of hydrogen-bond acceptors (Lipinski definition) is 6. The predicted octanol–water partition coefficient (Wildman–Crippen LogP) is -0.0268. The van der Waals surface area contributed by atoms with E-state index in [0.717, 1.165) is 5.82 Å². The summed E-state index contributed by atoms with van der Waals surface area (Å²) >= 11 is 0. The summed E-state index contributed by atoms with van der Waals surface area (Å²) in [6.45, 7) is 2.48. The van der Waals surface area contributed by atoms with Crippen molar-refractivity contribution in [2.24, 2.45) is 0 Å². The maximum absolute atomic E-state index is 12.1. The van der Waals surface area contributed by atoms with Gasteiger partial charge in [-0.05, 0) is 6.07 Å². The maximum atomic E-state index is 12.1. The molecule has 2 heterocycles. The Morgan fingerprint density at radius 1 is 1.27 bits per heavy atom. The molecule has 0 atom stereocenters. The Kier molecular flexibility index (Phi) is 6.95. The topological polar surface area (TPSA) is 78.9 Å². The van der Waals surface area contributed by atoms with E-state index >= 15 is 0 Å². The first-order valence-corrected chi connectivity index (χ1v) is 8.08. The second kappa shape index (κ2) is 8.02. The van der Waals surface area contributed by atoms with Gasteiger partial charge in [0.1, 0.15) is 12.4 Å². The highest BCUT2D eigenvalue weighted by Gasteiger charge is 2.28. The summed E-state index contributed by atoms with van der Waals surface area (Å²) in [7, 11) is 1.35. The predicted molar refractivity (Wildman–Crippen MR) is 86.4 cm³/mol.